The number of rotatable bonds is 7. The van der Waals surface area contributed by atoms with Gasteiger partial charge in [0.2, 0.25) is 5.88 Å². The molecule has 216 valence electrons. The van der Waals surface area contributed by atoms with Crippen LogP contribution in [0.1, 0.15) is 60.5 Å². The van der Waals surface area contributed by atoms with Gasteiger partial charge in [0.1, 0.15) is 11.9 Å². The van der Waals surface area contributed by atoms with Crippen LogP contribution in [0.4, 0.5) is 13.2 Å². The first-order valence-corrected chi connectivity index (χ1v) is 13.5. The largest absolute Gasteiger partial charge is 0.470 e. The van der Waals surface area contributed by atoms with Crippen LogP contribution in [0.25, 0.3) is 28.0 Å². The Hall–Kier alpha value is -3.97. The first-order valence-electron chi connectivity index (χ1n) is 13.5. The number of nitrogens with one attached hydrogen (secondary N) is 1. The number of amides is 1. The highest BCUT2D eigenvalue weighted by Gasteiger charge is 2.27. The van der Waals surface area contributed by atoms with E-state index in [1.165, 1.54) is 23.8 Å². The first kappa shape index (κ1) is 27.2. The van der Waals surface area contributed by atoms with Crippen LogP contribution in [0, 0.1) is 5.82 Å². The van der Waals surface area contributed by atoms with E-state index < -0.39 is 23.7 Å². The molecular weight excluding hydrogens is 541 g/mol. The number of aromatic nitrogens is 5. The zero-order chi connectivity index (χ0) is 28.7. The molecule has 1 saturated carbocycles. The van der Waals surface area contributed by atoms with Crippen molar-refractivity contribution in [2.24, 2.45) is 0 Å². The Morgan fingerprint density at radius 2 is 1.95 bits per heavy atom. The van der Waals surface area contributed by atoms with Gasteiger partial charge in [-0.15, -0.1) is 5.10 Å². The van der Waals surface area contributed by atoms with Gasteiger partial charge in [0.25, 0.3) is 12.3 Å². The number of nitrogens with zero attached hydrogens (tertiary/aromatic N) is 5. The average Bonchev–Trinajstić information content (AvgIpc) is 3.74. The van der Waals surface area contributed by atoms with E-state index in [0.717, 1.165) is 24.5 Å². The Balaban J connectivity index is 1.45. The van der Waals surface area contributed by atoms with Crippen molar-refractivity contribution in [1.82, 2.24) is 29.7 Å². The van der Waals surface area contributed by atoms with E-state index in [0.29, 0.717) is 43.7 Å². The number of ether oxygens (including phenoxy) is 2. The number of aliphatic hydroxyl groups is 1. The summed E-state index contributed by atoms with van der Waals surface area (Å²) in [7, 11) is 1.36. The average molecular weight is 571 g/mol. The van der Waals surface area contributed by atoms with E-state index in [1.807, 2.05) is 10.9 Å². The summed E-state index contributed by atoms with van der Waals surface area (Å²) in [6, 6.07) is 3.93. The number of alkyl halides is 2. The lowest BCUT2D eigenvalue weighted by Gasteiger charge is -2.25. The van der Waals surface area contributed by atoms with Crippen LogP contribution >= 0.6 is 0 Å². The van der Waals surface area contributed by atoms with E-state index in [2.05, 4.69) is 20.5 Å². The van der Waals surface area contributed by atoms with Crippen molar-refractivity contribution in [3.8, 4) is 28.3 Å². The minimum absolute atomic E-state index is 0.0840. The molecule has 4 heterocycles. The molecule has 4 aromatic rings. The third-order valence-corrected chi connectivity index (χ3v) is 7.68. The summed E-state index contributed by atoms with van der Waals surface area (Å²) in [6.07, 6.45) is 4.96. The summed E-state index contributed by atoms with van der Waals surface area (Å²) in [6.45, 7) is 0.915. The number of imidazole rings is 1. The fraction of sp³-hybridized carbons (Fsp3) is 0.429. The van der Waals surface area contributed by atoms with Crippen molar-refractivity contribution < 1.29 is 32.5 Å². The van der Waals surface area contributed by atoms with Gasteiger partial charge in [-0.25, -0.2) is 22.7 Å². The maximum absolute atomic E-state index is 15.4. The maximum atomic E-state index is 15.4. The molecule has 2 aliphatic rings. The molecule has 0 unspecified atom stereocenters. The Bertz CT molecular complexity index is 1570. The Kier molecular flexibility index (Phi) is 7.39. The zero-order valence-corrected chi connectivity index (χ0v) is 22.3. The third-order valence-electron chi connectivity index (χ3n) is 7.68. The predicted octanol–water partition coefficient (Wildman–Crippen LogP) is 4.34. The summed E-state index contributed by atoms with van der Waals surface area (Å²) in [5.74, 6) is -1.57. The SMILES string of the molecule is CNC(=O)c1cc(-c2cnc3cc(-c4cnn([C@H]5CC[C@H](O)CC5)c4)c(O[C@H]4CCOC4)nn23)c(F)c(C(F)F)c1. The Labute approximate surface area is 233 Å². The van der Waals surface area contributed by atoms with Crippen molar-refractivity contribution >= 4 is 11.6 Å². The van der Waals surface area contributed by atoms with E-state index in [-0.39, 0.29) is 41.0 Å². The second kappa shape index (κ2) is 11.1. The van der Waals surface area contributed by atoms with Crippen LogP contribution in [-0.4, -0.2) is 67.9 Å². The third kappa shape index (κ3) is 5.26. The molecule has 1 aromatic carbocycles. The van der Waals surface area contributed by atoms with Crippen LogP contribution in [0.3, 0.4) is 0 Å². The Morgan fingerprint density at radius 3 is 2.66 bits per heavy atom. The van der Waals surface area contributed by atoms with Crippen molar-refractivity contribution in [1.29, 1.82) is 0 Å². The minimum Gasteiger partial charge on any atom is -0.470 e. The van der Waals surface area contributed by atoms with Gasteiger partial charge in [-0.05, 0) is 43.9 Å². The monoisotopic (exact) mass is 570 g/mol. The lowest BCUT2D eigenvalue weighted by atomic mass is 9.93. The van der Waals surface area contributed by atoms with E-state index in [4.69, 9.17) is 9.47 Å². The van der Waals surface area contributed by atoms with Crippen LogP contribution in [-0.2, 0) is 4.74 Å². The van der Waals surface area contributed by atoms with Gasteiger partial charge in [-0.2, -0.15) is 5.10 Å². The van der Waals surface area contributed by atoms with E-state index in [1.54, 1.807) is 12.3 Å². The summed E-state index contributed by atoms with van der Waals surface area (Å²) in [5, 5.41) is 21.5. The highest BCUT2D eigenvalue weighted by atomic mass is 19.3. The van der Waals surface area contributed by atoms with Gasteiger partial charge >= 0.3 is 0 Å². The zero-order valence-electron chi connectivity index (χ0n) is 22.3. The standard InChI is InChI=1S/C28H29F3N6O4/c1-32-27(39)15-8-21(25(29)22(9-15)26(30)31)23-12-33-24-10-20(28(35-37(23)24)41-19-6-7-40-14-19)16-11-34-36(13-16)17-2-4-18(38)5-3-17/h8-13,17-19,26,38H,2-7,14H2,1H3,(H,32,39)/t17-,18-,19-/m0/s1. The molecule has 6 rings (SSSR count). The van der Waals surface area contributed by atoms with Crippen molar-refractivity contribution in [2.45, 2.75) is 56.8 Å². The molecular formula is C28H29F3N6O4. The maximum Gasteiger partial charge on any atom is 0.266 e. The molecule has 41 heavy (non-hydrogen) atoms. The summed E-state index contributed by atoms with van der Waals surface area (Å²) in [5.41, 5.74) is 0.496. The normalized spacial score (nSPS) is 21.1. The number of carbonyl (C=O) groups is 1. The highest BCUT2D eigenvalue weighted by molar-refractivity contribution is 5.95. The highest BCUT2D eigenvalue weighted by Crippen LogP contribution is 2.36. The molecule has 1 atom stereocenters. The van der Waals surface area contributed by atoms with Gasteiger partial charge in [0.15, 0.2) is 5.65 Å². The van der Waals surface area contributed by atoms with Crippen LogP contribution in [0.15, 0.2) is 36.8 Å². The molecule has 0 radical (unpaired) electrons. The molecule has 1 saturated heterocycles. The van der Waals surface area contributed by atoms with E-state index >= 15 is 4.39 Å². The van der Waals surface area contributed by atoms with Crippen LogP contribution in [0.2, 0.25) is 0 Å². The lowest BCUT2D eigenvalue weighted by Crippen LogP contribution is -2.21. The summed E-state index contributed by atoms with van der Waals surface area (Å²) < 4.78 is 57.8. The van der Waals surface area contributed by atoms with E-state index in [9.17, 15) is 18.7 Å². The van der Waals surface area contributed by atoms with Gasteiger partial charge in [-0.1, -0.05) is 0 Å². The molecule has 1 aliphatic carbocycles. The van der Waals surface area contributed by atoms with Gasteiger partial charge < -0.3 is 19.9 Å². The smallest absolute Gasteiger partial charge is 0.266 e. The lowest BCUT2D eigenvalue weighted by molar-refractivity contribution is 0.0962. The predicted molar refractivity (Wildman–Crippen MR) is 141 cm³/mol. The van der Waals surface area contributed by atoms with Crippen molar-refractivity contribution in [3.05, 3.63) is 53.7 Å². The first-order chi connectivity index (χ1) is 19.8. The molecule has 1 aliphatic heterocycles. The molecule has 13 heteroatoms. The summed E-state index contributed by atoms with van der Waals surface area (Å²) >= 11 is 0. The van der Waals surface area contributed by atoms with Crippen molar-refractivity contribution in [2.75, 3.05) is 20.3 Å². The van der Waals surface area contributed by atoms with Crippen LogP contribution < -0.4 is 10.1 Å². The quantitative estimate of drug-likeness (QED) is 0.340. The molecule has 0 spiro atoms. The van der Waals surface area contributed by atoms with Gasteiger partial charge in [0, 0.05) is 36.4 Å². The number of hydrogen-bond acceptors (Lipinski definition) is 7. The number of benzene rings is 1. The number of hydrogen-bond donors (Lipinski definition) is 2. The molecule has 2 fully saturated rings. The number of fused-ring (bicyclic) bond motifs is 1. The van der Waals surface area contributed by atoms with Crippen LogP contribution in [0.5, 0.6) is 5.88 Å². The molecule has 0 bridgehead atoms. The van der Waals surface area contributed by atoms with Crippen molar-refractivity contribution in [3.63, 3.8) is 0 Å². The van der Waals surface area contributed by atoms with Gasteiger partial charge in [0.05, 0.1) is 54.6 Å². The van der Waals surface area contributed by atoms with Gasteiger partial charge in [-0.3, -0.25) is 9.48 Å². The topological polar surface area (TPSA) is 116 Å². The number of aliphatic hydroxyl groups excluding tert-OH is 1. The minimum atomic E-state index is -3.14. The Morgan fingerprint density at radius 1 is 1.15 bits per heavy atom. The molecule has 10 nitrogen and oxygen atoms in total. The second-order valence-electron chi connectivity index (χ2n) is 10.4. The number of halogens is 3. The molecule has 2 N–H and O–H groups in total. The fourth-order valence-electron chi connectivity index (χ4n) is 5.41. The number of carbonyl (C=O) groups excluding carboxylic acids is 1. The fourth-order valence-corrected chi connectivity index (χ4v) is 5.41. The molecule has 3 aromatic heterocycles. The second-order valence-corrected chi connectivity index (χ2v) is 10.4. The molecule has 1 amide bonds. The summed E-state index contributed by atoms with van der Waals surface area (Å²) in [4.78, 5) is 16.7.